The predicted octanol–water partition coefficient (Wildman–Crippen LogP) is 5.20. The van der Waals surface area contributed by atoms with E-state index in [2.05, 4.69) is 55.7 Å². The Labute approximate surface area is 212 Å². The van der Waals surface area contributed by atoms with E-state index in [0.717, 1.165) is 57.6 Å². The Balaban J connectivity index is 1.31. The number of nitrogens with zero attached hydrogens (tertiary/aromatic N) is 4. The van der Waals surface area contributed by atoms with E-state index in [9.17, 15) is 4.79 Å². The van der Waals surface area contributed by atoms with E-state index in [1.807, 2.05) is 35.3 Å². The zero-order valence-corrected chi connectivity index (χ0v) is 21.5. The van der Waals surface area contributed by atoms with Crippen molar-refractivity contribution >= 4 is 56.0 Å². The summed E-state index contributed by atoms with van der Waals surface area (Å²) in [5, 5.41) is 12.5. The number of hydrogen-bond donors (Lipinski definition) is 3. The van der Waals surface area contributed by atoms with Gasteiger partial charge in [-0.2, -0.15) is 0 Å². The van der Waals surface area contributed by atoms with Gasteiger partial charge in [0, 0.05) is 48.1 Å². The Kier molecular flexibility index (Phi) is 7.21. The van der Waals surface area contributed by atoms with Crippen LogP contribution in [0.4, 0.5) is 17.2 Å². The molecular weight excluding hydrogens is 478 g/mol. The van der Waals surface area contributed by atoms with Crippen molar-refractivity contribution in [2.24, 2.45) is 0 Å². The summed E-state index contributed by atoms with van der Waals surface area (Å²) in [6.45, 7) is 7.97. The van der Waals surface area contributed by atoms with E-state index in [0.29, 0.717) is 12.2 Å². The topological polar surface area (TPSA) is 95.1 Å². The first-order chi connectivity index (χ1) is 17.0. The molecule has 0 saturated carbocycles. The van der Waals surface area contributed by atoms with Crippen LogP contribution in [0.5, 0.6) is 0 Å². The first-order valence-corrected chi connectivity index (χ1v) is 13.6. The molecule has 1 saturated heterocycles. The van der Waals surface area contributed by atoms with E-state index >= 15 is 0 Å². The fourth-order valence-electron chi connectivity index (χ4n) is 4.13. The van der Waals surface area contributed by atoms with Crippen molar-refractivity contribution in [2.45, 2.75) is 32.7 Å². The molecule has 1 aromatic carbocycles. The lowest BCUT2D eigenvalue weighted by atomic mass is 10.2. The molecule has 3 aromatic heterocycles. The fourth-order valence-corrected chi connectivity index (χ4v) is 5.67. The first-order valence-electron chi connectivity index (χ1n) is 11.9. The molecule has 0 radical (unpaired) electrons. The van der Waals surface area contributed by atoms with E-state index in [1.165, 1.54) is 24.2 Å². The number of carbonyl (C=O) groups excluding carboxylic acids is 1. The van der Waals surface area contributed by atoms with Crippen molar-refractivity contribution < 1.29 is 4.79 Å². The standard InChI is InChI=1S/C25H29N7OS2/c1-16(2)29-20-12-23(30-17-5-6-19-22(11-17)35-15-28-19)27-13-18(20)25-31-21(14-34-25)24(33)26-7-10-32-8-3-4-9-32/h5-6,11-16H,3-4,7-10H2,1-2H3,(H,26,33)(H2,27,29,30). The molecule has 1 aliphatic rings. The molecule has 3 N–H and O–H groups in total. The van der Waals surface area contributed by atoms with Gasteiger partial charge in [-0.3, -0.25) is 4.79 Å². The minimum absolute atomic E-state index is 0.130. The molecule has 35 heavy (non-hydrogen) atoms. The molecule has 0 atom stereocenters. The van der Waals surface area contributed by atoms with Crippen molar-refractivity contribution in [1.29, 1.82) is 0 Å². The number of fused-ring (bicyclic) bond motifs is 1. The summed E-state index contributed by atoms with van der Waals surface area (Å²) in [5.74, 6) is 0.604. The average molecular weight is 508 g/mol. The Morgan fingerprint density at radius 2 is 2.00 bits per heavy atom. The van der Waals surface area contributed by atoms with Crippen LogP contribution < -0.4 is 16.0 Å². The lowest BCUT2D eigenvalue weighted by molar-refractivity contribution is 0.0945. The number of amides is 1. The molecule has 182 valence electrons. The van der Waals surface area contributed by atoms with Gasteiger partial charge in [-0.05, 0) is 58.0 Å². The van der Waals surface area contributed by atoms with Crippen molar-refractivity contribution in [1.82, 2.24) is 25.2 Å². The van der Waals surface area contributed by atoms with E-state index < -0.39 is 0 Å². The molecule has 1 aliphatic heterocycles. The maximum atomic E-state index is 12.6. The molecule has 5 rings (SSSR count). The third-order valence-electron chi connectivity index (χ3n) is 5.83. The lowest BCUT2D eigenvalue weighted by Gasteiger charge is -2.15. The monoisotopic (exact) mass is 507 g/mol. The van der Waals surface area contributed by atoms with Crippen LogP contribution in [0.1, 0.15) is 37.2 Å². The quantitative estimate of drug-likeness (QED) is 0.286. The third kappa shape index (κ3) is 5.77. The zero-order chi connectivity index (χ0) is 24.2. The molecule has 1 amide bonds. The van der Waals surface area contributed by atoms with Crippen LogP contribution in [-0.2, 0) is 0 Å². The van der Waals surface area contributed by atoms with Crippen LogP contribution in [0.15, 0.2) is 41.4 Å². The third-order valence-corrected chi connectivity index (χ3v) is 7.50. The van der Waals surface area contributed by atoms with E-state index in [1.54, 1.807) is 11.3 Å². The molecule has 0 spiro atoms. The van der Waals surface area contributed by atoms with Crippen LogP contribution in [0.3, 0.4) is 0 Å². The highest BCUT2D eigenvalue weighted by Crippen LogP contribution is 2.33. The van der Waals surface area contributed by atoms with Gasteiger partial charge in [0.1, 0.15) is 16.5 Å². The summed E-state index contributed by atoms with van der Waals surface area (Å²) in [6, 6.07) is 8.30. The maximum Gasteiger partial charge on any atom is 0.270 e. The van der Waals surface area contributed by atoms with Crippen LogP contribution in [-0.4, -0.2) is 58.0 Å². The van der Waals surface area contributed by atoms with Gasteiger partial charge in [0.2, 0.25) is 0 Å². The Morgan fingerprint density at radius 1 is 1.14 bits per heavy atom. The zero-order valence-electron chi connectivity index (χ0n) is 19.9. The second-order valence-electron chi connectivity index (χ2n) is 8.92. The van der Waals surface area contributed by atoms with Crippen LogP contribution >= 0.6 is 22.7 Å². The predicted molar refractivity (Wildman–Crippen MR) is 145 cm³/mol. The van der Waals surface area contributed by atoms with Gasteiger partial charge >= 0.3 is 0 Å². The summed E-state index contributed by atoms with van der Waals surface area (Å²) in [6.07, 6.45) is 4.31. The van der Waals surface area contributed by atoms with Crippen molar-refractivity contribution in [3.63, 3.8) is 0 Å². The highest BCUT2D eigenvalue weighted by molar-refractivity contribution is 7.16. The number of rotatable bonds is 9. The van der Waals surface area contributed by atoms with Crippen LogP contribution in [0.25, 0.3) is 20.8 Å². The summed E-state index contributed by atoms with van der Waals surface area (Å²) in [7, 11) is 0. The van der Waals surface area contributed by atoms with Crippen molar-refractivity contribution in [3.8, 4) is 10.6 Å². The average Bonchev–Trinajstić information content (AvgIpc) is 3.60. The summed E-state index contributed by atoms with van der Waals surface area (Å²) in [4.78, 5) is 28.6. The SMILES string of the molecule is CC(C)Nc1cc(Nc2ccc3ncsc3c2)ncc1-c1nc(C(=O)NCCN2CCCC2)cs1. The van der Waals surface area contributed by atoms with Gasteiger partial charge in [0.15, 0.2) is 0 Å². The number of nitrogens with one attached hydrogen (secondary N) is 3. The molecule has 8 nitrogen and oxygen atoms in total. The number of hydrogen-bond acceptors (Lipinski definition) is 9. The molecule has 0 aliphatic carbocycles. The smallest absolute Gasteiger partial charge is 0.270 e. The van der Waals surface area contributed by atoms with E-state index in [4.69, 9.17) is 0 Å². The maximum absolute atomic E-state index is 12.6. The molecule has 0 bridgehead atoms. The Hall–Kier alpha value is -3.08. The highest BCUT2D eigenvalue weighted by Gasteiger charge is 2.17. The van der Waals surface area contributed by atoms with Gasteiger partial charge in [-0.25, -0.2) is 15.0 Å². The minimum Gasteiger partial charge on any atom is -0.382 e. The highest BCUT2D eigenvalue weighted by atomic mass is 32.1. The summed E-state index contributed by atoms with van der Waals surface area (Å²) in [5.41, 5.74) is 6.05. The molecule has 4 aromatic rings. The number of likely N-dealkylation sites (tertiary alicyclic amines) is 1. The molecule has 4 heterocycles. The number of carbonyl (C=O) groups is 1. The number of pyridine rings is 1. The Morgan fingerprint density at radius 3 is 2.83 bits per heavy atom. The van der Waals surface area contributed by atoms with Crippen LogP contribution in [0, 0.1) is 0 Å². The Bertz CT molecular complexity index is 1310. The van der Waals surface area contributed by atoms with Gasteiger partial charge in [-0.15, -0.1) is 22.7 Å². The normalized spacial score (nSPS) is 14.0. The molecule has 1 fully saturated rings. The van der Waals surface area contributed by atoms with Gasteiger partial charge in [0.05, 0.1) is 21.3 Å². The first kappa shape index (κ1) is 23.7. The molecule has 10 heteroatoms. The number of benzene rings is 1. The van der Waals surface area contributed by atoms with Gasteiger partial charge < -0.3 is 20.9 Å². The minimum atomic E-state index is -0.130. The second kappa shape index (κ2) is 10.7. The van der Waals surface area contributed by atoms with Crippen molar-refractivity contribution in [3.05, 3.63) is 47.0 Å². The van der Waals surface area contributed by atoms with Gasteiger partial charge in [-0.1, -0.05) is 0 Å². The lowest BCUT2D eigenvalue weighted by Crippen LogP contribution is -2.33. The summed E-state index contributed by atoms with van der Waals surface area (Å²) < 4.78 is 1.13. The fraction of sp³-hybridized carbons (Fsp3) is 0.360. The number of anilines is 3. The molecular formula is C25H29N7OS2. The van der Waals surface area contributed by atoms with E-state index in [-0.39, 0.29) is 11.9 Å². The summed E-state index contributed by atoms with van der Waals surface area (Å²) >= 11 is 3.07. The number of thiazole rings is 2. The van der Waals surface area contributed by atoms with Crippen molar-refractivity contribution in [2.75, 3.05) is 36.8 Å². The second-order valence-corrected chi connectivity index (χ2v) is 10.7. The van der Waals surface area contributed by atoms with Crippen LogP contribution in [0.2, 0.25) is 0 Å². The molecule has 0 unspecified atom stereocenters. The number of aromatic nitrogens is 3. The largest absolute Gasteiger partial charge is 0.382 e. The van der Waals surface area contributed by atoms with Gasteiger partial charge in [0.25, 0.3) is 5.91 Å².